The topological polar surface area (TPSA) is 62.8 Å². The molecule has 3 aromatic heterocycles. The van der Waals surface area contributed by atoms with E-state index in [0.29, 0.717) is 30.6 Å². The maximum absolute atomic E-state index is 14.8. The molecule has 5 rings (SSSR count). The van der Waals surface area contributed by atoms with Gasteiger partial charge in [-0.15, -0.1) is 0 Å². The Morgan fingerprint density at radius 2 is 2.09 bits per heavy atom. The number of carbonyl (C=O) groups excluding carboxylic acids is 1. The van der Waals surface area contributed by atoms with Gasteiger partial charge in [0.25, 0.3) is 5.91 Å². The Labute approximate surface area is 195 Å². The number of furan rings is 1. The Morgan fingerprint density at radius 1 is 1.26 bits per heavy atom. The van der Waals surface area contributed by atoms with Crippen molar-refractivity contribution in [3.05, 3.63) is 82.6 Å². The third-order valence-corrected chi connectivity index (χ3v) is 6.05. The van der Waals surface area contributed by atoms with Gasteiger partial charge >= 0.3 is 6.18 Å². The molecule has 176 valence electrons. The quantitative estimate of drug-likeness (QED) is 0.499. The number of nitrogens with one attached hydrogen (secondary N) is 1. The zero-order valence-electron chi connectivity index (χ0n) is 17.5. The van der Waals surface area contributed by atoms with Gasteiger partial charge in [0, 0.05) is 30.4 Å². The Morgan fingerprint density at radius 3 is 2.76 bits per heavy atom. The zero-order valence-corrected chi connectivity index (χ0v) is 18.3. The van der Waals surface area contributed by atoms with E-state index in [4.69, 9.17) is 16.0 Å². The summed E-state index contributed by atoms with van der Waals surface area (Å²) in [5, 5.41) is 2.81. The van der Waals surface area contributed by atoms with Crippen molar-refractivity contribution in [3.8, 4) is 11.1 Å². The molecule has 1 amide bonds. The molecule has 2 aliphatic rings. The van der Waals surface area contributed by atoms with E-state index in [1.807, 2.05) is 0 Å². The highest BCUT2D eigenvalue weighted by Crippen LogP contribution is 2.38. The number of hydrogen-bond donors (Lipinski definition) is 1. The average molecular weight is 493 g/mol. The van der Waals surface area contributed by atoms with Crippen LogP contribution in [0.25, 0.3) is 16.8 Å². The summed E-state index contributed by atoms with van der Waals surface area (Å²) in [6, 6.07) is 2.43. The third-order valence-electron chi connectivity index (χ3n) is 5.69. The van der Waals surface area contributed by atoms with Crippen LogP contribution in [0.15, 0.2) is 70.6 Å². The number of hydrogen-bond acceptors (Lipinski definition) is 4. The highest BCUT2D eigenvalue weighted by atomic mass is 35.5. The first-order valence-electron chi connectivity index (χ1n) is 10.4. The molecular formula is C23H17ClF4N4O2. The van der Waals surface area contributed by atoms with Crippen molar-refractivity contribution in [1.82, 2.24) is 19.6 Å². The van der Waals surface area contributed by atoms with E-state index < -0.39 is 34.8 Å². The van der Waals surface area contributed by atoms with E-state index in [2.05, 4.69) is 10.3 Å². The molecule has 0 saturated heterocycles. The van der Waals surface area contributed by atoms with Crippen LogP contribution in [0.3, 0.4) is 0 Å². The predicted octanol–water partition coefficient (Wildman–Crippen LogP) is 5.38. The summed E-state index contributed by atoms with van der Waals surface area (Å²) in [5.41, 5.74) is -0.687. The van der Waals surface area contributed by atoms with Crippen molar-refractivity contribution in [1.29, 1.82) is 0 Å². The van der Waals surface area contributed by atoms with Crippen molar-refractivity contribution in [3.63, 3.8) is 0 Å². The normalized spacial score (nSPS) is 17.0. The molecule has 0 aliphatic carbocycles. The first kappa shape index (κ1) is 22.4. The van der Waals surface area contributed by atoms with Gasteiger partial charge in [-0.25, -0.2) is 9.37 Å². The number of alkyl halides is 3. The van der Waals surface area contributed by atoms with E-state index >= 15 is 0 Å². The maximum Gasteiger partial charge on any atom is 0.420 e. The lowest BCUT2D eigenvalue weighted by Crippen LogP contribution is -2.35. The lowest BCUT2D eigenvalue weighted by Gasteiger charge is -2.29. The van der Waals surface area contributed by atoms with Crippen LogP contribution in [0.2, 0.25) is 5.15 Å². The third kappa shape index (κ3) is 3.82. The van der Waals surface area contributed by atoms with Gasteiger partial charge in [0.1, 0.15) is 11.0 Å². The van der Waals surface area contributed by atoms with Crippen molar-refractivity contribution >= 4 is 23.2 Å². The fourth-order valence-electron chi connectivity index (χ4n) is 4.09. The number of carbonyl (C=O) groups is 1. The van der Waals surface area contributed by atoms with Crippen LogP contribution < -0.4 is 5.32 Å². The summed E-state index contributed by atoms with van der Waals surface area (Å²) in [6.45, 7) is 1.15. The predicted molar refractivity (Wildman–Crippen MR) is 117 cm³/mol. The summed E-state index contributed by atoms with van der Waals surface area (Å²) in [5.74, 6) is -1.40. The molecule has 2 aliphatic heterocycles. The fraction of sp³-hybridized carbons (Fsp3) is 0.217. The molecule has 11 heteroatoms. The Bertz CT molecular complexity index is 1370. The minimum atomic E-state index is -4.76. The second-order valence-electron chi connectivity index (χ2n) is 7.80. The van der Waals surface area contributed by atoms with Gasteiger partial charge in [0.2, 0.25) is 0 Å². The van der Waals surface area contributed by atoms with Crippen molar-refractivity contribution < 1.29 is 26.8 Å². The molecule has 34 heavy (non-hydrogen) atoms. The minimum Gasteiger partial charge on any atom is -0.472 e. The number of imidazole rings is 1. The average Bonchev–Trinajstić information content (AvgIpc) is 3.46. The summed E-state index contributed by atoms with van der Waals surface area (Å²) in [4.78, 5) is 18.6. The monoisotopic (exact) mass is 492 g/mol. The second-order valence-corrected chi connectivity index (χ2v) is 8.15. The molecule has 0 bridgehead atoms. The first-order valence-corrected chi connectivity index (χ1v) is 10.7. The number of allylic oxidation sites excluding steroid dienone is 3. The van der Waals surface area contributed by atoms with Gasteiger partial charge in [-0.1, -0.05) is 23.8 Å². The molecule has 5 heterocycles. The smallest absolute Gasteiger partial charge is 0.420 e. The fourth-order valence-corrected chi connectivity index (χ4v) is 4.34. The van der Waals surface area contributed by atoms with E-state index in [0.717, 1.165) is 15.4 Å². The largest absolute Gasteiger partial charge is 0.472 e. The number of aromatic nitrogens is 2. The van der Waals surface area contributed by atoms with E-state index in [1.54, 1.807) is 6.08 Å². The van der Waals surface area contributed by atoms with Gasteiger partial charge in [0.15, 0.2) is 11.3 Å². The van der Waals surface area contributed by atoms with Gasteiger partial charge in [-0.3, -0.25) is 14.1 Å². The SMILES string of the molecule is O=C(c1nc2c(C(F)(F)F)cc(-c3ccoc3)cn2c1Cl)N1CC=CC(F)=C1C1=CCNCC1. The number of halogens is 5. The highest BCUT2D eigenvalue weighted by Gasteiger charge is 2.37. The summed E-state index contributed by atoms with van der Waals surface area (Å²) >= 11 is 6.41. The molecule has 0 unspecified atom stereocenters. The summed E-state index contributed by atoms with van der Waals surface area (Å²) in [6.07, 6.45) is 4.22. The van der Waals surface area contributed by atoms with Crippen LogP contribution in [0, 0.1) is 0 Å². The van der Waals surface area contributed by atoms with E-state index in [1.165, 1.54) is 36.9 Å². The Balaban J connectivity index is 1.64. The van der Waals surface area contributed by atoms with Gasteiger partial charge in [-0.2, -0.15) is 13.2 Å². The number of rotatable bonds is 3. The van der Waals surface area contributed by atoms with Crippen molar-refractivity contribution in [2.75, 3.05) is 19.6 Å². The van der Waals surface area contributed by atoms with Gasteiger partial charge in [0.05, 0.1) is 23.8 Å². The van der Waals surface area contributed by atoms with Crippen LogP contribution in [0.1, 0.15) is 22.5 Å². The second kappa shape index (κ2) is 8.44. The minimum absolute atomic E-state index is 0.0307. The van der Waals surface area contributed by atoms with Crippen LogP contribution in [0.5, 0.6) is 0 Å². The molecule has 1 N–H and O–H groups in total. The highest BCUT2D eigenvalue weighted by molar-refractivity contribution is 6.33. The molecular weight excluding hydrogens is 476 g/mol. The number of nitrogens with zero attached hydrogens (tertiary/aromatic N) is 3. The molecule has 0 fully saturated rings. The number of pyridine rings is 1. The van der Waals surface area contributed by atoms with E-state index in [9.17, 15) is 22.4 Å². The van der Waals surface area contributed by atoms with Gasteiger partial charge in [-0.05, 0) is 36.7 Å². The standard InChI is InChI=1S/C23H17ClF4N4O2/c24-20-18(22(33)31-8-1-2-17(25)19(31)13-3-6-29-7-4-13)30-21-16(23(26,27)28)10-15(11-32(20)21)14-5-9-34-12-14/h1-3,5,9-12,29H,4,6-8H2. The maximum atomic E-state index is 14.8. The molecule has 0 radical (unpaired) electrons. The van der Waals surface area contributed by atoms with Crippen LogP contribution in [0.4, 0.5) is 17.6 Å². The van der Waals surface area contributed by atoms with Gasteiger partial charge < -0.3 is 9.73 Å². The Kier molecular flexibility index (Phi) is 5.57. The first-order chi connectivity index (χ1) is 16.3. The number of fused-ring (bicyclic) bond motifs is 1. The van der Waals surface area contributed by atoms with E-state index in [-0.39, 0.29) is 23.0 Å². The lowest BCUT2D eigenvalue weighted by atomic mass is 10.0. The summed E-state index contributed by atoms with van der Waals surface area (Å²) < 4.78 is 62.5. The molecule has 0 spiro atoms. The van der Waals surface area contributed by atoms with Crippen molar-refractivity contribution in [2.24, 2.45) is 0 Å². The molecule has 6 nitrogen and oxygen atoms in total. The van der Waals surface area contributed by atoms with Crippen LogP contribution in [-0.2, 0) is 6.18 Å². The molecule has 0 saturated carbocycles. The Hall–Kier alpha value is -3.37. The van der Waals surface area contributed by atoms with Crippen LogP contribution in [-0.4, -0.2) is 39.8 Å². The molecule has 3 aromatic rings. The molecule has 0 atom stereocenters. The zero-order chi connectivity index (χ0) is 24.0. The van der Waals surface area contributed by atoms with Crippen molar-refractivity contribution in [2.45, 2.75) is 12.6 Å². The number of amides is 1. The van der Waals surface area contributed by atoms with Crippen LogP contribution >= 0.6 is 11.6 Å². The summed E-state index contributed by atoms with van der Waals surface area (Å²) in [7, 11) is 0. The molecule has 0 aromatic carbocycles. The lowest BCUT2D eigenvalue weighted by molar-refractivity contribution is -0.136.